The molecule has 0 saturated carbocycles. The minimum Gasteiger partial charge on any atom is -0.464 e. The van der Waals surface area contributed by atoms with Crippen molar-refractivity contribution in [1.29, 1.82) is 0 Å². The summed E-state index contributed by atoms with van der Waals surface area (Å²) in [6.45, 7) is 5.87. The third-order valence-corrected chi connectivity index (χ3v) is 2.49. The van der Waals surface area contributed by atoms with Crippen LogP contribution in [0, 0.1) is 6.92 Å². The van der Waals surface area contributed by atoms with E-state index >= 15 is 0 Å². The van der Waals surface area contributed by atoms with E-state index in [1.807, 2.05) is 6.92 Å². The standard InChI is InChI=1S/C10H15ClN2O2/c1-4-9(10(14)15-5-2)13-6-8(11)7(3)12-13/h6,9H,4-5H2,1-3H3/t9-/m1/s1. The fourth-order valence-corrected chi connectivity index (χ4v) is 1.46. The van der Waals surface area contributed by atoms with E-state index in [4.69, 9.17) is 16.3 Å². The smallest absolute Gasteiger partial charge is 0.330 e. The number of hydrogen-bond acceptors (Lipinski definition) is 3. The average Bonchev–Trinajstić information content (AvgIpc) is 2.48. The van der Waals surface area contributed by atoms with Gasteiger partial charge in [0.05, 0.1) is 17.3 Å². The zero-order valence-corrected chi connectivity index (χ0v) is 9.91. The van der Waals surface area contributed by atoms with E-state index in [0.717, 1.165) is 5.69 Å². The molecule has 5 heteroatoms. The zero-order valence-electron chi connectivity index (χ0n) is 9.16. The molecule has 1 heterocycles. The van der Waals surface area contributed by atoms with E-state index in [0.29, 0.717) is 18.1 Å². The molecule has 0 fully saturated rings. The van der Waals surface area contributed by atoms with Crippen LogP contribution in [-0.2, 0) is 9.53 Å². The highest BCUT2D eigenvalue weighted by atomic mass is 35.5. The van der Waals surface area contributed by atoms with Crippen molar-refractivity contribution < 1.29 is 9.53 Å². The summed E-state index contributed by atoms with van der Waals surface area (Å²) in [6, 6.07) is -0.379. The molecule has 0 spiro atoms. The summed E-state index contributed by atoms with van der Waals surface area (Å²) in [5.41, 5.74) is 0.722. The Balaban J connectivity index is 2.87. The summed E-state index contributed by atoms with van der Waals surface area (Å²) in [5, 5.41) is 4.74. The van der Waals surface area contributed by atoms with Crippen molar-refractivity contribution in [2.45, 2.75) is 33.2 Å². The molecule has 0 unspecified atom stereocenters. The Labute approximate surface area is 94.2 Å². The first-order valence-electron chi connectivity index (χ1n) is 4.98. The number of ether oxygens (including phenoxy) is 1. The first-order chi connectivity index (χ1) is 7.10. The number of esters is 1. The van der Waals surface area contributed by atoms with Crippen LogP contribution in [0.2, 0.25) is 5.02 Å². The lowest BCUT2D eigenvalue weighted by atomic mass is 10.2. The SMILES string of the molecule is CCOC(=O)[C@@H](CC)n1cc(Cl)c(C)n1. The molecule has 0 N–H and O–H groups in total. The molecular weight excluding hydrogens is 216 g/mol. The number of carbonyl (C=O) groups is 1. The molecule has 0 aliphatic carbocycles. The predicted octanol–water partition coefficient (Wildman–Crippen LogP) is 2.36. The van der Waals surface area contributed by atoms with Crippen LogP contribution in [0.25, 0.3) is 0 Å². The van der Waals surface area contributed by atoms with Gasteiger partial charge in [-0.2, -0.15) is 5.10 Å². The lowest BCUT2D eigenvalue weighted by Crippen LogP contribution is -2.21. The monoisotopic (exact) mass is 230 g/mol. The molecule has 0 aliphatic heterocycles. The molecule has 15 heavy (non-hydrogen) atoms. The van der Waals surface area contributed by atoms with Crippen LogP contribution in [0.3, 0.4) is 0 Å². The fourth-order valence-electron chi connectivity index (χ4n) is 1.32. The second-order valence-electron chi connectivity index (χ2n) is 3.22. The van der Waals surface area contributed by atoms with Gasteiger partial charge in [0.1, 0.15) is 6.04 Å². The van der Waals surface area contributed by atoms with Crippen LogP contribution in [0.4, 0.5) is 0 Å². The number of nitrogens with zero attached hydrogens (tertiary/aromatic N) is 2. The second kappa shape index (κ2) is 5.16. The molecule has 0 aromatic carbocycles. The van der Waals surface area contributed by atoms with Crippen LogP contribution in [0.1, 0.15) is 32.0 Å². The van der Waals surface area contributed by atoms with Crippen molar-refractivity contribution in [2.24, 2.45) is 0 Å². The lowest BCUT2D eigenvalue weighted by molar-refractivity contribution is -0.147. The van der Waals surface area contributed by atoms with Gasteiger partial charge in [0, 0.05) is 6.20 Å². The molecule has 0 radical (unpaired) electrons. The Morgan fingerprint density at radius 1 is 1.67 bits per heavy atom. The van der Waals surface area contributed by atoms with Crippen LogP contribution >= 0.6 is 11.6 Å². The van der Waals surface area contributed by atoms with Crippen LogP contribution in [0.5, 0.6) is 0 Å². The number of rotatable bonds is 4. The number of aryl methyl sites for hydroxylation is 1. The first-order valence-corrected chi connectivity index (χ1v) is 5.35. The van der Waals surface area contributed by atoms with Crippen molar-refractivity contribution in [3.05, 3.63) is 16.9 Å². The quantitative estimate of drug-likeness (QED) is 0.746. The van der Waals surface area contributed by atoms with Crippen molar-refractivity contribution >= 4 is 17.6 Å². The molecule has 0 bridgehead atoms. The van der Waals surface area contributed by atoms with E-state index in [1.165, 1.54) is 0 Å². The number of carbonyl (C=O) groups excluding carboxylic acids is 1. The molecule has 84 valence electrons. The van der Waals surface area contributed by atoms with E-state index in [-0.39, 0.29) is 12.0 Å². The summed E-state index contributed by atoms with van der Waals surface area (Å²) in [7, 11) is 0. The van der Waals surface area contributed by atoms with Gasteiger partial charge in [0.15, 0.2) is 0 Å². The highest BCUT2D eigenvalue weighted by Crippen LogP contribution is 2.18. The van der Waals surface area contributed by atoms with E-state index < -0.39 is 0 Å². The van der Waals surface area contributed by atoms with Crippen LogP contribution < -0.4 is 0 Å². The minimum atomic E-state index is -0.379. The third-order valence-electron chi connectivity index (χ3n) is 2.12. The molecule has 4 nitrogen and oxygen atoms in total. The van der Waals surface area contributed by atoms with Crippen molar-refractivity contribution in [2.75, 3.05) is 6.61 Å². The van der Waals surface area contributed by atoms with E-state index in [9.17, 15) is 4.79 Å². The minimum absolute atomic E-state index is 0.265. The summed E-state index contributed by atoms with van der Waals surface area (Å²) in [4.78, 5) is 11.6. The Morgan fingerprint density at radius 3 is 2.73 bits per heavy atom. The number of hydrogen-bond donors (Lipinski definition) is 0. The second-order valence-corrected chi connectivity index (χ2v) is 3.63. The van der Waals surface area contributed by atoms with Gasteiger partial charge in [-0.15, -0.1) is 0 Å². The topological polar surface area (TPSA) is 44.1 Å². The summed E-state index contributed by atoms with van der Waals surface area (Å²) < 4.78 is 6.52. The Morgan fingerprint density at radius 2 is 2.33 bits per heavy atom. The van der Waals surface area contributed by atoms with Gasteiger partial charge < -0.3 is 4.74 Å². The molecule has 1 rings (SSSR count). The molecule has 1 aromatic heterocycles. The fraction of sp³-hybridized carbons (Fsp3) is 0.600. The third kappa shape index (κ3) is 2.72. The highest BCUT2D eigenvalue weighted by Gasteiger charge is 2.21. The lowest BCUT2D eigenvalue weighted by Gasteiger charge is -2.13. The van der Waals surface area contributed by atoms with E-state index in [2.05, 4.69) is 5.10 Å². The van der Waals surface area contributed by atoms with Gasteiger partial charge >= 0.3 is 5.97 Å². The maximum atomic E-state index is 11.6. The Hall–Kier alpha value is -1.03. The van der Waals surface area contributed by atoms with Crippen molar-refractivity contribution in [3.63, 3.8) is 0 Å². The maximum Gasteiger partial charge on any atom is 0.330 e. The first kappa shape index (κ1) is 12.0. The maximum absolute atomic E-state index is 11.6. The zero-order chi connectivity index (χ0) is 11.4. The largest absolute Gasteiger partial charge is 0.464 e. The Bertz CT molecular complexity index is 330. The predicted molar refractivity (Wildman–Crippen MR) is 57.9 cm³/mol. The molecule has 0 aliphatic rings. The molecule has 0 amide bonds. The van der Waals surface area contributed by atoms with E-state index in [1.54, 1.807) is 24.7 Å². The van der Waals surface area contributed by atoms with Gasteiger partial charge in [0.2, 0.25) is 0 Å². The summed E-state index contributed by atoms with van der Waals surface area (Å²) in [5.74, 6) is -0.265. The number of aromatic nitrogens is 2. The van der Waals surface area contributed by atoms with Gasteiger partial charge in [-0.1, -0.05) is 18.5 Å². The van der Waals surface area contributed by atoms with Gasteiger partial charge in [-0.25, -0.2) is 4.79 Å². The van der Waals surface area contributed by atoms with Crippen LogP contribution in [0.15, 0.2) is 6.20 Å². The molecule has 0 saturated heterocycles. The highest BCUT2D eigenvalue weighted by molar-refractivity contribution is 6.31. The van der Waals surface area contributed by atoms with Gasteiger partial charge in [-0.05, 0) is 20.3 Å². The van der Waals surface area contributed by atoms with Crippen molar-refractivity contribution in [1.82, 2.24) is 9.78 Å². The normalized spacial score (nSPS) is 12.5. The van der Waals surface area contributed by atoms with Gasteiger partial charge in [-0.3, -0.25) is 4.68 Å². The molecule has 1 aromatic rings. The van der Waals surface area contributed by atoms with Crippen molar-refractivity contribution in [3.8, 4) is 0 Å². The average molecular weight is 231 g/mol. The summed E-state index contributed by atoms with van der Waals surface area (Å²) in [6.07, 6.45) is 2.29. The summed E-state index contributed by atoms with van der Waals surface area (Å²) >= 11 is 5.88. The number of halogens is 1. The molecular formula is C10H15ClN2O2. The molecule has 1 atom stereocenters. The Kier molecular flexibility index (Phi) is 4.15. The van der Waals surface area contributed by atoms with Crippen LogP contribution in [-0.4, -0.2) is 22.4 Å². The van der Waals surface area contributed by atoms with Gasteiger partial charge in [0.25, 0.3) is 0 Å².